The summed E-state index contributed by atoms with van der Waals surface area (Å²) in [5, 5.41) is 5.84. The van der Waals surface area contributed by atoms with E-state index in [-0.39, 0.29) is 35.5 Å². The number of benzene rings is 2. The van der Waals surface area contributed by atoms with E-state index in [4.69, 9.17) is 11.3 Å². The van der Waals surface area contributed by atoms with Gasteiger partial charge in [0, 0.05) is 49.6 Å². The predicted molar refractivity (Wildman–Crippen MR) is 158 cm³/mol. The zero-order valence-corrected chi connectivity index (χ0v) is 24.7. The summed E-state index contributed by atoms with van der Waals surface area (Å²) in [4.78, 5) is 17.7. The standard InChI is InChI=1S/C31H38F2N4O4S/c1-20-18-35-19-24(37(20)42(39,40)25-11-12-25)10-13-26-27(33)4-3-5-28(26)36-31(38)30(34-2)29(22-14-16-41-17-15-22)21-6-8-23(32)9-7-21/h2-9,20,22,24-25,29-30,35H,10-19H2,1H3/p+1. The molecular formula is C31H39F2N4O4S+. The number of piperazine rings is 1. The first-order chi connectivity index (χ1) is 20.2. The quantitative estimate of drug-likeness (QED) is 0.418. The second-order valence-corrected chi connectivity index (χ2v) is 13.8. The molecule has 0 spiro atoms. The maximum absolute atomic E-state index is 15.2. The number of rotatable bonds is 10. The Morgan fingerprint density at radius 3 is 2.50 bits per heavy atom. The fourth-order valence-corrected chi connectivity index (χ4v) is 8.72. The summed E-state index contributed by atoms with van der Waals surface area (Å²) < 4.78 is 62.5. The Bertz CT molecular complexity index is 1410. The zero-order chi connectivity index (χ0) is 29.9. The zero-order valence-electron chi connectivity index (χ0n) is 23.8. The van der Waals surface area contributed by atoms with Gasteiger partial charge in [-0.3, -0.25) is 4.79 Å². The van der Waals surface area contributed by atoms with Crippen LogP contribution in [0, 0.1) is 24.1 Å². The molecule has 2 N–H and O–H groups in total. The van der Waals surface area contributed by atoms with E-state index in [0.29, 0.717) is 69.7 Å². The third-order valence-corrected chi connectivity index (χ3v) is 11.3. The number of amides is 1. The minimum atomic E-state index is -3.42. The van der Waals surface area contributed by atoms with Crippen LogP contribution in [0.4, 0.5) is 14.5 Å². The number of carbonyl (C=O) groups excluding carboxylic acids is 1. The van der Waals surface area contributed by atoms with Gasteiger partial charge in [-0.1, -0.05) is 23.0 Å². The molecule has 0 aromatic heterocycles. The number of nitrogens with one attached hydrogen (secondary N) is 2. The molecule has 4 unspecified atom stereocenters. The number of hydrogen-bond acceptors (Lipinski definition) is 5. The summed E-state index contributed by atoms with van der Waals surface area (Å²) in [5.41, 5.74) is 1.34. The van der Waals surface area contributed by atoms with Crippen molar-refractivity contribution in [1.29, 1.82) is 0 Å². The molecule has 1 aliphatic carbocycles. The molecule has 226 valence electrons. The van der Waals surface area contributed by atoms with E-state index < -0.39 is 33.7 Å². The largest absolute Gasteiger partial charge is 0.381 e. The Kier molecular flexibility index (Phi) is 9.57. The average molecular weight is 602 g/mol. The molecule has 8 nitrogen and oxygen atoms in total. The molecule has 2 aromatic rings. The van der Waals surface area contributed by atoms with E-state index >= 15 is 4.39 Å². The van der Waals surface area contributed by atoms with Gasteiger partial charge in [0.05, 0.1) is 11.2 Å². The summed E-state index contributed by atoms with van der Waals surface area (Å²) >= 11 is 0. The summed E-state index contributed by atoms with van der Waals surface area (Å²) in [6.07, 6.45) is 3.36. The van der Waals surface area contributed by atoms with Crippen LogP contribution in [0.1, 0.15) is 56.1 Å². The van der Waals surface area contributed by atoms with Crippen LogP contribution in [0.2, 0.25) is 0 Å². The minimum Gasteiger partial charge on any atom is -0.381 e. The van der Waals surface area contributed by atoms with Gasteiger partial charge in [0.25, 0.3) is 6.57 Å². The first-order valence-electron chi connectivity index (χ1n) is 14.7. The molecule has 1 amide bonds. The highest BCUT2D eigenvalue weighted by Crippen LogP contribution is 2.38. The van der Waals surface area contributed by atoms with Gasteiger partial charge in [-0.05, 0) is 81.2 Å². The van der Waals surface area contributed by atoms with Crippen LogP contribution >= 0.6 is 0 Å². The number of carbonyl (C=O) groups is 1. The second kappa shape index (κ2) is 13.2. The highest BCUT2D eigenvalue weighted by atomic mass is 32.2. The van der Waals surface area contributed by atoms with Crippen LogP contribution in [0.25, 0.3) is 4.85 Å². The van der Waals surface area contributed by atoms with E-state index in [1.807, 2.05) is 6.92 Å². The van der Waals surface area contributed by atoms with Gasteiger partial charge in [0.2, 0.25) is 10.0 Å². The Labute approximate surface area is 246 Å². The van der Waals surface area contributed by atoms with Crippen LogP contribution in [-0.2, 0) is 26.0 Å². The molecule has 3 fully saturated rings. The lowest BCUT2D eigenvalue weighted by Crippen LogP contribution is -2.59. The summed E-state index contributed by atoms with van der Waals surface area (Å²) in [5.74, 6) is -1.75. The van der Waals surface area contributed by atoms with Crippen LogP contribution in [0.15, 0.2) is 42.5 Å². The van der Waals surface area contributed by atoms with Crippen molar-refractivity contribution < 1.29 is 26.7 Å². The molecular weight excluding hydrogens is 562 g/mol. The van der Waals surface area contributed by atoms with E-state index in [2.05, 4.69) is 15.5 Å². The lowest BCUT2D eigenvalue weighted by molar-refractivity contribution is -0.117. The number of hydrogen-bond donors (Lipinski definition) is 2. The summed E-state index contributed by atoms with van der Waals surface area (Å²) in [6.45, 7) is 9.85. The molecule has 2 aromatic carbocycles. The fourth-order valence-electron chi connectivity index (χ4n) is 6.47. The van der Waals surface area contributed by atoms with Gasteiger partial charge >= 0.3 is 11.9 Å². The molecule has 1 saturated carbocycles. The van der Waals surface area contributed by atoms with E-state index in [0.717, 1.165) is 5.56 Å². The number of ether oxygens (including phenoxy) is 1. The molecule has 2 aliphatic heterocycles. The molecule has 11 heteroatoms. The SMILES string of the molecule is C#[N+]C(C(=O)Nc1cccc(F)c1CCC1CNCC(C)N1S(=O)(=O)C1CC1)C(c1ccc(F)cc1)C1CCOCC1. The first kappa shape index (κ1) is 30.5. The number of sulfonamides is 1. The summed E-state index contributed by atoms with van der Waals surface area (Å²) in [6, 6.07) is 8.96. The van der Waals surface area contributed by atoms with Crippen molar-refractivity contribution >= 4 is 21.6 Å². The van der Waals surface area contributed by atoms with E-state index in [9.17, 15) is 17.6 Å². The first-order valence-corrected chi connectivity index (χ1v) is 16.3. The van der Waals surface area contributed by atoms with Crippen molar-refractivity contribution in [1.82, 2.24) is 9.62 Å². The normalized spacial score (nSPS) is 23.6. The van der Waals surface area contributed by atoms with Crippen molar-refractivity contribution in [3.05, 3.63) is 70.1 Å². The van der Waals surface area contributed by atoms with Gasteiger partial charge in [-0.25, -0.2) is 17.2 Å². The molecule has 4 atom stereocenters. The highest BCUT2D eigenvalue weighted by molar-refractivity contribution is 7.90. The predicted octanol–water partition coefficient (Wildman–Crippen LogP) is 4.53. The van der Waals surface area contributed by atoms with Crippen molar-refractivity contribution in [2.75, 3.05) is 31.6 Å². The second-order valence-electron chi connectivity index (χ2n) is 11.7. The van der Waals surface area contributed by atoms with Crippen LogP contribution < -0.4 is 10.6 Å². The number of anilines is 1. The van der Waals surface area contributed by atoms with Crippen molar-refractivity contribution in [3.8, 4) is 6.57 Å². The molecule has 3 aliphatic rings. The van der Waals surface area contributed by atoms with E-state index in [1.165, 1.54) is 24.3 Å². The maximum atomic E-state index is 15.2. The van der Waals surface area contributed by atoms with E-state index in [1.54, 1.807) is 22.5 Å². The number of nitrogens with zero attached hydrogens (tertiary/aromatic N) is 2. The molecule has 0 bridgehead atoms. The maximum Gasteiger partial charge on any atom is 0.355 e. The van der Waals surface area contributed by atoms with Gasteiger partial charge in [-0.15, -0.1) is 0 Å². The lowest BCUT2D eigenvalue weighted by atomic mass is 9.76. The number of halogens is 2. The fraction of sp³-hybridized carbons (Fsp3) is 0.548. The third kappa shape index (κ3) is 6.67. The Hall–Kier alpha value is -2.91. The van der Waals surface area contributed by atoms with Gasteiger partial charge in [0.1, 0.15) is 11.6 Å². The Morgan fingerprint density at radius 1 is 1.12 bits per heavy atom. The van der Waals surface area contributed by atoms with Crippen LogP contribution in [-0.4, -0.2) is 68.3 Å². The molecule has 42 heavy (non-hydrogen) atoms. The summed E-state index contributed by atoms with van der Waals surface area (Å²) in [7, 11) is -3.42. The molecule has 5 rings (SSSR count). The van der Waals surface area contributed by atoms with Gasteiger partial charge in [-0.2, -0.15) is 4.31 Å². The Morgan fingerprint density at radius 2 is 1.83 bits per heavy atom. The van der Waals surface area contributed by atoms with Gasteiger partial charge in [0.15, 0.2) is 0 Å². The highest BCUT2D eigenvalue weighted by Gasteiger charge is 2.46. The van der Waals surface area contributed by atoms with Crippen LogP contribution in [0.5, 0.6) is 0 Å². The topological polar surface area (TPSA) is 92.1 Å². The Balaban J connectivity index is 1.36. The third-order valence-electron chi connectivity index (χ3n) is 8.76. The smallest absolute Gasteiger partial charge is 0.355 e. The van der Waals surface area contributed by atoms with Crippen molar-refractivity contribution in [3.63, 3.8) is 0 Å². The van der Waals surface area contributed by atoms with Gasteiger partial charge < -0.3 is 15.4 Å². The van der Waals surface area contributed by atoms with Crippen LogP contribution in [0.3, 0.4) is 0 Å². The molecule has 2 saturated heterocycles. The molecule has 2 heterocycles. The monoisotopic (exact) mass is 601 g/mol. The van der Waals surface area contributed by atoms with Crippen molar-refractivity contribution in [2.45, 2.75) is 74.7 Å². The minimum absolute atomic E-state index is 0.0273. The van der Waals surface area contributed by atoms with Crippen molar-refractivity contribution in [2.24, 2.45) is 5.92 Å². The molecule has 0 radical (unpaired) electrons. The lowest BCUT2D eigenvalue weighted by Gasteiger charge is -2.40. The average Bonchev–Trinajstić information content (AvgIpc) is 3.83.